The van der Waals surface area contributed by atoms with Gasteiger partial charge in [0.05, 0.1) is 17.6 Å². The van der Waals surface area contributed by atoms with Crippen molar-refractivity contribution >= 4 is 39.4 Å². The Balaban J connectivity index is 1.80. The van der Waals surface area contributed by atoms with Crippen molar-refractivity contribution in [2.24, 2.45) is 4.99 Å². The van der Waals surface area contributed by atoms with E-state index in [2.05, 4.69) is 36.9 Å². The average Bonchev–Trinajstić information content (AvgIpc) is 3.02. The average molecular weight is 382 g/mol. The van der Waals surface area contributed by atoms with Gasteiger partial charge in [-0.3, -0.25) is 9.79 Å². The summed E-state index contributed by atoms with van der Waals surface area (Å²) >= 11 is 3.49. The summed E-state index contributed by atoms with van der Waals surface area (Å²) in [6.45, 7) is 1.49. The summed E-state index contributed by atoms with van der Waals surface area (Å²) in [7, 11) is 0. The second-order valence-corrected chi connectivity index (χ2v) is 6.18. The van der Waals surface area contributed by atoms with Crippen LogP contribution in [0.15, 0.2) is 76.3 Å². The smallest absolute Gasteiger partial charge is 0.221 e. The zero-order valence-electron chi connectivity index (χ0n) is 13.1. The third-order valence-corrected chi connectivity index (χ3v) is 3.89. The minimum atomic E-state index is -0.0851. The molecule has 1 amide bonds. The van der Waals surface area contributed by atoms with Crippen molar-refractivity contribution in [1.82, 2.24) is 4.57 Å². The van der Waals surface area contributed by atoms with Gasteiger partial charge in [0.25, 0.3) is 0 Å². The highest BCUT2D eigenvalue weighted by Crippen LogP contribution is 2.19. The fourth-order valence-electron chi connectivity index (χ4n) is 2.34. The van der Waals surface area contributed by atoms with E-state index in [1.807, 2.05) is 67.0 Å². The topological polar surface area (TPSA) is 46.4 Å². The monoisotopic (exact) mass is 381 g/mol. The molecule has 1 heterocycles. The molecule has 0 aliphatic carbocycles. The first kappa shape index (κ1) is 16.2. The predicted octanol–water partition coefficient (Wildman–Crippen LogP) is 4.95. The summed E-state index contributed by atoms with van der Waals surface area (Å²) < 4.78 is 3.10. The summed E-state index contributed by atoms with van der Waals surface area (Å²) in [5, 5.41) is 2.74. The minimum Gasteiger partial charge on any atom is -0.326 e. The van der Waals surface area contributed by atoms with Crippen molar-refractivity contribution in [2.75, 3.05) is 5.32 Å². The van der Waals surface area contributed by atoms with Crippen LogP contribution in [0.5, 0.6) is 0 Å². The standard InChI is InChI=1S/C19H16BrN3O/c1-14(24)22-17-9-7-16(8-10-17)21-13-19-6-3-11-23(19)18-5-2-4-15(20)12-18/h2-13H,1H3,(H,22,24). The van der Waals surface area contributed by atoms with Gasteiger partial charge in [0.15, 0.2) is 0 Å². The number of rotatable bonds is 4. The molecule has 0 saturated heterocycles. The number of nitrogens with zero attached hydrogens (tertiary/aromatic N) is 2. The number of aliphatic imine (C=N–C) groups is 1. The summed E-state index contributed by atoms with van der Waals surface area (Å²) in [5.41, 5.74) is 3.64. The fourth-order valence-corrected chi connectivity index (χ4v) is 2.72. The van der Waals surface area contributed by atoms with Crippen LogP contribution in [0, 0.1) is 0 Å². The van der Waals surface area contributed by atoms with Crippen LogP contribution < -0.4 is 5.32 Å². The van der Waals surface area contributed by atoms with Crippen LogP contribution in [0.2, 0.25) is 0 Å². The Labute approximate surface area is 149 Å². The number of anilines is 1. The molecule has 1 N–H and O–H groups in total. The summed E-state index contributed by atoms with van der Waals surface area (Å²) in [6, 6.07) is 19.5. The van der Waals surface area contributed by atoms with Gasteiger partial charge < -0.3 is 9.88 Å². The highest BCUT2D eigenvalue weighted by molar-refractivity contribution is 9.10. The van der Waals surface area contributed by atoms with Gasteiger partial charge in [-0.05, 0) is 54.6 Å². The first-order valence-electron chi connectivity index (χ1n) is 7.47. The molecule has 0 bridgehead atoms. The van der Waals surface area contributed by atoms with E-state index in [0.717, 1.165) is 27.2 Å². The molecule has 4 nitrogen and oxygen atoms in total. The summed E-state index contributed by atoms with van der Waals surface area (Å²) in [5.74, 6) is -0.0851. The van der Waals surface area contributed by atoms with Gasteiger partial charge in [0.2, 0.25) is 5.91 Å². The predicted molar refractivity (Wildman–Crippen MR) is 101 cm³/mol. The molecule has 5 heteroatoms. The molecule has 3 rings (SSSR count). The van der Waals surface area contributed by atoms with Crippen molar-refractivity contribution in [3.63, 3.8) is 0 Å². The van der Waals surface area contributed by atoms with E-state index in [0.29, 0.717) is 0 Å². The third-order valence-electron chi connectivity index (χ3n) is 3.40. The maximum absolute atomic E-state index is 11.0. The molecule has 0 fully saturated rings. The van der Waals surface area contributed by atoms with Gasteiger partial charge in [-0.1, -0.05) is 22.0 Å². The Hall–Kier alpha value is -2.66. The molecule has 0 aliphatic rings. The number of benzene rings is 2. The van der Waals surface area contributed by atoms with Gasteiger partial charge in [0.1, 0.15) is 0 Å². The van der Waals surface area contributed by atoms with Crippen LogP contribution in [0.1, 0.15) is 12.6 Å². The number of hydrogen-bond acceptors (Lipinski definition) is 2. The maximum atomic E-state index is 11.0. The lowest BCUT2D eigenvalue weighted by Crippen LogP contribution is -2.04. The van der Waals surface area contributed by atoms with E-state index in [9.17, 15) is 4.79 Å². The van der Waals surface area contributed by atoms with Crippen molar-refractivity contribution in [2.45, 2.75) is 6.92 Å². The summed E-state index contributed by atoms with van der Waals surface area (Å²) in [6.07, 6.45) is 3.83. The molecular weight excluding hydrogens is 366 g/mol. The molecule has 24 heavy (non-hydrogen) atoms. The van der Waals surface area contributed by atoms with Gasteiger partial charge in [-0.2, -0.15) is 0 Å². The Morgan fingerprint density at radius 2 is 1.92 bits per heavy atom. The fraction of sp³-hybridized carbons (Fsp3) is 0.0526. The van der Waals surface area contributed by atoms with Crippen molar-refractivity contribution in [3.05, 3.63) is 77.0 Å². The van der Waals surface area contributed by atoms with E-state index < -0.39 is 0 Å². The second-order valence-electron chi connectivity index (χ2n) is 5.27. The first-order chi connectivity index (χ1) is 11.6. The molecule has 0 atom stereocenters. The number of carbonyl (C=O) groups excluding carboxylic acids is 1. The molecule has 0 radical (unpaired) electrons. The van der Waals surface area contributed by atoms with Crippen LogP contribution >= 0.6 is 15.9 Å². The number of amides is 1. The molecule has 1 aromatic heterocycles. The van der Waals surface area contributed by atoms with Gasteiger partial charge in [-0.25, -0.2) is 0 Å². The molecule has 0 spiro atoms. The molecule has 3 aromatic rings. The van der Waals surface area contributed by atoms with E-state index in [4.69, 9.17) is 0 Å². The normalized spacial score (nSPS) is 10.9. The number of aromatic nitrogens is 1. The number of carbonyl (C=O) groups is 1. The first-order valence-corrected chi connectivity index (χ1v) is 8.26. The van der Waals surface area contributed by atoms with E-state index >= 15 is 0 Å². The lowest BCUT2D eigenvalue weighted by molar-refractivity contribution is -0.114. The number of nitrogens with one attached hydrogen (secondary N) is 1. The molecule has 0 saturated carbocycles. The Morgan fingerprint density at radius 1 is 1.12 bits per heavy atom. The SMILES string of the molecule is CC(=O)Nc1ccc(N=Cc2cccn2-c2cccc(Br)c2)cc1. The minimum absolute atomic E-state index is 0.0851. The van der Waals surface area contributed by atoms with Crippen LogP contribution in [0.4, 0.5) is 11.4 Å². The molecular formula is C19H16BrN3O. The lowest BCUT2D eigenvalue weighted by atomic mass is 10.3. The second kappa shape index (κ2) is 7.27. The Bertz CT molecular complexity index is 882. The van der Waals surface area contributed by atoms with Crippen LogP contribution in [0.3, 0.4) is 0 Å². The quantitative estimate of drug-likeness (QED) is 0.638. The zero-order valence-corrected chi connectivity index (χ0v) is 14.7. The van der Waals surface area contributed by atoms with Crippen molar-refractivity contribution in [3.8, 4) is 5.69 Å². The maximum Gasteiger partial charge on any atom is 0.221 e. The summed E-state index contributed by atoms with van der Waals surface area (Å²) in [4.78, 5) is 15.5. The van der Waals surface area contributed by atoms with Gasteiger partial charge >= 0.3 is 0 Å². The van der Waals surface area contributed by atoms with Gasteiger partial charge in [0, 0.05) is 29.0 Å². The largest absolute Gasteiger partial charge is 0.326 e. The molecule has 120 valence electrons. The van der Waals surface area contributed by atoms with Crippen molar-refractivity contribution < 1.29 is 4.79 Å². The van der Waals surface area contributed by atoms with E-state index in [1.54, 1.807) is 0 Å². The van der Waals surface area contributed by atoms with Crippen LogP contribution in [0.25, 0.3) is 5.69 Å². The third kappa shape index (κ3) is 4.00. The van der Waals surface area contributed by atoms with Crippen LogP contribution in [-0.2, 0) is 4.79 Å². The number of halogens is 1. The molecule has 2 aromatic carbocycles. The highest BCUT2D eigenvalue weighted by atomic mass is 79.9. The van der Waals surface area contributed by atoms with E-state index in [1.165, 1.54) is 6.92 Å². The van der Waals surface area contributed by atoms with E-state index in [-0.39, 0.29) is 5.91 Å². The lowest BCUT2D eigenvalue weighted by Gasteiger charge is -2.06. The highest BCUT2D eigenvalue weighted by Gasteiger charge is 2.02. The van der Waals surface area contributed by atoms with Crippen molar-refractivity contribution in [1.29, 1.82) is 0 Å². The zero-order chi connectivity index (χ0) is 16.9. The molecule has 0 aliphatic heterocycles. The Kier molecular flexibility index (Phi) is 4.91. The number of hydrogen-bond donors (Lipinski definition) is 1. The van der Waals surface area contributed by atoms with Crippen LogP contribution in [-0.4, -0.2) is 16.7 Å². The molecule has 0 unspecified atom stereocenters. The Morgan fingerprint density at radius 3 is 2.62 bits per heavy atom. The van der Waals surface area contributed by atoms with Gasteiger partial charge in [-0.15, -0.1) is 0 Å².